The van der Waals surface area contributed by atoms with Crippen LogP contribution in [0, 0.1) is 0 Å². The number of benzene rings is 1. The minimum atomic E-state index is -0.690. The summed E-state index contributed by atoms with van der Waals surface area (Å²) in [7, 11) is 0. The molecule has 6 heteroatoms. The number of amides is 1. The van der Waals surface area contributed by atoms with Crippen molar-refractivity contribution in [3.8, 4) is 5.75 Å². The van der Waals surface area contributed by atoms with Crippen molar-refractivity contribution in [1.82, 2.24) is 5.32 Å². The zero-order valence-corrected chi connectivity index (χ0v) is 17.1. The highest BCUT2D eigenvalue weighted by Gasteiger charge is 2.21. The average Bonchev–Trinajstić information content (AvgIpc) is 3.12. The Morgan fingerprint density at radius 3 is 2.52 bits per heavy atom. The molecule has 27 heavy (non-hydrogen) atoms. The van der Waals surface area contributed by atoms with Crippen LogP contribution in [-0.2, 0) is 16.0 Å². The zero-order chi connectivity index (χ0) is 20.0. The van der Waals surface area contributed by atoms with E-state index in [1.807, 2.05) is 51.3 Å². The molecule has 2 aromatic rings. The highest BCUT2D eigenvalue weighted by Crippen LogP contribution is 2.33. The summed E-state index contributed by atoms with van der Waals surface area (Å²) in [5, 5.41) is 15.2. The summed E-state index contributed by atoms with van der Waals surface area (Å²) in [5.74, 6) is -0.850. The number of esters is 1. The van der Waals surface area contributed by atoms with Crippen molar-refractivity contribution in [2.24, 2.45) is 0 Å². The molecule has 0 atom stereocenters. The third-order valence-corrected chi connectivity index (χ3v) is 5.21. The van der Waals surface area contributed by atoms with Crippen molar-refractivity contribution in [2.75, 3.05) is 13.2 Å². The molecule has 0 aliphatic carbocycles. The Morgan fingerprint density at radius 1 is 1.19 bits per heavy atom. The molecule has 0 unspecified atom stereocenters. The minimum Gasteiger partial charge on any atom is -0.507 e. The summed E-state index contributed by atoms with van der Waals surface area (Å²) in [6.07, 6.45) is 0.742. The zero-order valence-electron chi connectivity index (χ0n) is 16.2. The Balaban J connectivity index is 1.97. The first kappa shape index (κ1) is 21.0. The highest BCUT2D eigenvalue weighted by atomic mass is 32.1. The number of rotatable bonds is 8. The molecule has 0 fully saturated rings. The van der Waals surface area contributed by atoms with Gasteiger partial charge in [-0.1, -0.05) is 39.8 Å². The molecule has 1 aromatic carbocycles. The molecule has 5 nitrogen and oxygen atoms in total. The van der Waals surface area contributed by atoms with E-state index in [0.717, 1.165) is 12.0 Å². The lowest BCUT2D eigenvalue weighted by Crippen LogP contribution is -2.30. The lowest BCUT2D eigenvalue weighted by Gasteiger charge is -2.16. The summed E-state index contributed by atoms with van der Waals surface area (Å²) in [6.45, 7) is 8.07. The molecule has 0 bridgehead atoms. The molecule has 0 aliphatic rings. The first-order chi connectivity index (χ1) is 12.8. The molecule has 0 saturated carbocycles. The van der Waals surface area contributed by atoms with E-state index < -0.39 is 5.97 Å². The third-order valence-electron chi connectivity index (χ3n) is 4.28. The Kier molecular flexibility index (Phi) is 7.42. The van der Waals surface area contributed by atoms with Crippen LogP contribution in [-0.4, -0.2) is 30.1 Å². The van der Waals surface area contributed by atoms with Crippen LogP contribution >= 0.6 is 11.3 Å². The van der Waals surface area contributed by atoms with Crippen molar-refractivity contribution in [3.63, 3.8) is 0 Å². The largest absolute Gasteiger partial charge is 0.507 e. The van der Waals surface area contributed by atoms with Gasteiger partial charge in [-0.2, -0.15) is 0 Å². The van der Waals surface area contributed by atoms with E-state index in [1.165, 1.54) is 4.88 Å². The summed E-state index contributed by atoms with van der Waals surface area (Å²) >= 11 is 1.63. The molecule has 146 valence electrons. The monoisotopic (exact) mass is 389 g/mol. The number of phenols is 1. The van der Waals surface area contributed by atoms with Gasteiger partial charge in [0.15, 0.2) is 6.61 Å². The molecular formula is C21H27NO4S. The van der Waals surface area contributed by atoms with Crippen LogP contribution in [0.15, 0.2) is 29.6 Å². The lowest BCUT2D eigenvalue weighted by molar-refractivity contribution is -0.124. The second-order valence-corrected chi connectivity index (χ2v) is 8.10. The third kappa shape index (κ3) is 5.82. The van der Waals surface area contributed by atoms with Gasteiger partial charge in [-0.3, -0.25) is 4.79 Å². The molecule has 0 saturated heterocycles. The Bertz CT molecular complexity index is 782. The number of hydrogen-bond acceptors (Lipinski definition) is 5. The first-order valence-electron chi connectivity index (χ1n) is 9.12. The molecule has 0 aliphatic heterocycles. The maximum Gasteiger partial charge on any atom is 0.342 e. The van der Waals surface area contributed by atoms with Gasteiger partial charge >= 0.3 is 5.97 Å². The van der Waals surface area contributed by atoms with E-state index in [0.29, 0.717) is 12.1 Å². The predicted molar refractivity (Wildman–Crippen MR) is 108 cm³/mol. The van der Waals surface area contributed by atoms with Crippen LogP contribution in [0.4, 0.5) is 0 Å². The molecule has 1 heterocycles. The summed E-state index contributed by atoms with van der Waals surface area (Å²) in [6, 6.07) is 7.53. The Morgan fingerprint density at radius 2 is 1.93 bits per heavy atom. The van der Waals surface area contributed by atoms with Crippen LogP contribution in [0.25, 0.3) is 0 Å². The molecular weight excluding hydrogens is 362 g/mol. The SMILES string of the molecule is CC(C)c1cc(C(=O)OCC(=O)NCCc2cccs2)c(O)c(C(C)C)c1. The summed E-state index contributed by atoms with van der Waals surface area (Å²) in [5.41, 5.74) is 1.76. The van der Waals surface area contributed by atoms with Gasteiger partial charge in [-0.25, -0.2) is 4.79 Å². The average molecular weight is 390 g/mol. The first-order valence-corrected chi connectivity index (χ1v) is 10.0. The molecule has 0 radical (unpaired) electrons. The van der Waals surface area contributed by atoms with E-state index in [4.69, 9.17) is 4.74 Å². The molecule has 1 aromatic heterocycles. The van der Waals surface area contributed by atoms with Gasteiger partial charge in [-0.05, 0) is 46.9 Å². The fourth-order valence-electron chi connectivity index (χ4n) is 2.65. The van der Waals surface area contributed by atoms with Gasteiger partial charge in [0.1, 0.15) is 11.3 Å². The maximum atomic E-state index is 12.4. The lowest BCUT2D eigenvalue weighted by atomic mass is 9.92. The highest BCUT2D eigenvalue weighted by molar-refractivity contribution is 7.09. The van der Waals surface area contributed by atoms with Crippen molar-refractivity contribution in [1.29, 1.82) is 0 Å². The number of ether oxygens (including phenoxy) is 1. The number of nitrogens with one attached hydrogen (secondary N) is 1. The number of thiophene rings is 1. The quantitative estimate of drug-likeness (QED) is 0.663. The maximum absolute atomic E-state index is 12.4. The van der Waals surface area contributed by atoms with Crippen molar-refractivity contribution in [3.05, 3.63) is 51.2 Å². The minimum absolute atomic E-state index is 0.0656. The van der Waals surface area contributed by atoms with Gasteiger partial charge in [0.05, 0.1) is 0 Å². The number of phenolic OH excluding ortho intramolecular Hbond substituents is 1. The van der Waals surface area contributed by atoms with Gasteiger partial charge in [0, 0.05) is 11.4 Å². The van der Waals surface area contributed by atoms with E-state index >= 15 is 0 Å². The molecule has 2 N–H and O–H groups in total. The van der Waals surface area contributed by atoms with Crippen LogP contribution in [0.5, 0.6) is 5.75 Å². The number of aromatic hydroxyl groups is 1. The number of carbonyl (C=O) groups is 2. The van der Waals surface area contributed by atoms with Gasteiger partial charge in [0.2, 0.25) is 0 Å². The normalized spacial score (nSPS) is 11.0. The van der Waals surface area contributed by atoms with E-state index in [9.17, 15) is 14.7 Å². The smallest absolute Gasteiger partial charge is 0.342 e. The van der Waals surface area contributed by atoms with Crippen LogP contribution in [0.3, 0.4) is 0 Å². The summed E-state index contributed by atoms with van der Waals surface area (Å²) in [4.78, 5) is 25.5. The van der Waals surface area contributed by atoms with E-state index in [1.54, 1.807) is 17.4 Å². The van der Waals surface area contributed by atoms with Crippen molar-refractivity contribution < 1.29 is 19.4 Å². The van der Waals surface area contributed by atoms with E-state index in [2.05, 4.69) is 5.32 Å². The van der Waals surface area contributed by atoms with Crippen LogP contribution in [0.2, 0.25) is 0 Å². The van der Waals surface area contributed by atoms with Crippen molar-refractivity contribution in [2.45, 2.75) is 46.0 Å². The second kappa shape index (κ2) is 9.55. The predicted octanol–water partition coefficient (Wildman–Crippen LogP) is 4.22. The van der Waals surface area contributed by atoms with E-state index in [-0.39, 0.29) is 35.7 Å². The topological polar surface area (TPSA) is 75.6 Å². The Labute approximate surface area is 164 Å². The second-order valence-electron chi connectivity index (χ2n) is 7.07. The van der Waals surface area contributed by atoms with Crippen LogP contribution < -0.4 is 5.32 Å². The molecule has 2 rings (SSSR count). The number of carbonyl (C=O) groups excluding carboxylic acids is 2. The van der Waals surface area contributed by atoms with Crippen LogP contribution in [0.1, 0.15) is 65.9 Å². The Hall–Kier alpha value is -2.34. The van der Waals surface area contributed by atoms with Gasteiger partial charge in [0.25, 0.3) is 5.91 Å². The van der Waals surface area contributed by atoms with Gasteiger partial charge < -0.3 is 15.2 Å². The standard InChI is InChI=1S/C21H27NO4S/c1-13(2)15-10-17(14(3)4)20(24)18(11-15)21(25)26-12-19(23)22-8-7-16-6-5-9-27-16/h5-6,9-11,13-14,24H,7-8,12H2,1-4H3,(H,22,23). The number of hydrogen-bond donors (Lipinski definition) is 2. The molecule has 1 amide bonds. The summed E-state index contributed by atoms with van der Waals surface area (Å²) < 4.78 is 5.12. The fourth-order valence-corrected chi connectivity index (χ4v) is 3.36. The fraction of sp³-hybridized carbons (Fsp3) is 0.429. The molecule has 0 spiro atoms. The van der Waals surface area contributed by atoms with Gasteiger partial charge in [-0.15, -0.1) is 11.3 Å². The van der Waals surface area contributed by atoms with Crippen molar-refractivity contribution >= 4 is 23.2 Å².